The van der Waals surface area contributed by atoms with E-state index in [-0.39, 0.29) is 17.6 Å². The SMILES string of the molecule is COc1c(OC2CC2)ccnc1C(F)(F)F. The topological polar surface area (TPSA) is 31.4 Å². The van der Waals surface area contributed by atoms with E-state index in [1.165, 1.54) is 13.2 Å². The van der Waals surface area contributed by atoms with E-state index in [0.29, 0.717) is 0 Å². The molecule has 88 valence electrons. The maximum Gasteiger partial charge on any atom is 0.437 e. The van der Waals surface area contributed by atoms with Crippen LogP contribution in [-0.2, 0) is 6.18 Å². The molecule has 0 aliphatic heterocycles. The highest BCUT2D eigenvalue weighted by molar-refractivity contribution is 5.44. The number of alkyl halides is 3. The Morgan fingerprint density at radius 2 is 2.06 bits per heavy atom. The maximum absolute atomic E-state index is 12.6. The van der Waals surface area contributed by atoms with Crippen molar-refractivity contribution in [2.75, 3.05) is 7.11 Å². The first-order chi connectivity index (χ1) is 7.52. The van der Waals surface area contributed by atoms with E-state index in [2.05, 4.69) is 4.98 Å². The summed E-state index contributed by atoms with van der Waals surface area (Å²) in [6, 6.07) is 1.38. The lowest BCUT2D eigenvalue weighted by molar-refractivity contribution is -0.142. The fourth-order valence-electron chi connectivity index (χ4n) is 1.29. The molecule has 1 fully saturated rings. The van der Waals surface area contributed by atoms with Crippen molar-refractivity contribution < 1.29 is 22.6 Å². The van der Waals surface area contributed by atoms with Crippen molar-refractivity contribution in [1.29, 1.82) is 0 Å². The number of pyridine rings is 1. The molecule has 6 heteroatoms. The van der Waals surface area contributed by atoms with Gasteiger partial charge in [-0.2, -0.15) is 13.2 Å². The van der Waals surface area contributed by atoms with Crippen LogP contribution in [0.4, 0.5) is 13.2 Å². The van der Waals surface area contributed by atoms with E-state index in [1.54, 1.807) is 0 Å². The summed E-state index contributed by atoms with van der Waals surface area (Å²) in [5, 5.41) is 0. The fourth-order valence-corrected chi connectivity index (χ4v) is 1.29. The largest absolute Gasteiger partial charge is 0.491 e. The molecule has 0 N–H and O–H groups in total. The smallest absolute Gasteiger partial charge is 0.437 e. The van der Waals surface area contributed by atoms with Gasteiger partial charge in [-0.1, -0.05) is 0 Å². The lowest BCUT2D eigenvalue weighted by Gasteiger charge is -2.14. The third-order valence-electron chi connectivity index (χ3n) is 2.16. The highest BCUT2D eigenvalue weighted by atomic mass is 19.4. The molecule has 0 radical (unpaired) electrons. The van der Waals surface area contributed by atoms with Crippen LogP contribution in [0.2, 0.25) is 0 Å². The average molecular weight is 233 g/mol. The van der Waals surface area contributed by atoms with Crippen LogP contribution in [0.15, 0.2) is 12.3 Å². The zero-order chi connectivity index (χ0) is 11.8. The second kappa shape index (κ2) is 3.84. The second-order valence-electron chi connectivity index (χ2n) is 3.51. The van der Waals surface area contributed by atoms with Gasteiger partial charge in [0.25, 0.3) is 0 Å². The summed E-state index contributed by atoms with van der Waals surface area (Å²) in [5.74, 6) is -0.241. The molecule has 1 heterocycles. The first kappa shape index (κ1) is 11.0. The third kappa shape index (κ3) is 2.20. The van der Waals surface area contributed by atoms with E-state index >= 15 is 0 Å². The van der Waals surface area contributed by atoms with Gasteiger partial charge < -0.3 is 9.47 Å². The minimum atomic E-state index is -4.53. The molecule has 1 aromatic heterocycles. The summed E-state index contributed by atoms with van der Waals surface area (Å²) in [6.07, 6.45) is -1.71. The third-order valence-corrected chi connectivity index (χ3v) is 2.16. The van der Waals surface area contributed by atoms with Gasteiger partial charge in [0.05, 0.1) is 13.2 Å². The van der Waals surface area contributed by atoms with Crippen LogP contribution < -0.4 is 9.47 Å². The van der Waals surface area contributed by atoms with Crippen molar-refractivity contribution in [1.82, 2.24) is 4.98 Å². The lowest BCUT2D eigenvalue weighted by atomic mass is 10.3. The minimum Gasteiger partial charge on any atom is -0.491 e. The number of halogens is 3. The van der Waals surface area contributed by atoms with Crippen LogP contribution >= 0.6 is 0 Å². The number of methoxy groups -OCH3 is 1. The quantitative estimate of drug-likeness (QED) is 0.804. The van der Waals surface area contributed by atoms with Gasteiger partial charge in [-0.05, 0) is 12.8 Å². The summed E-state index contributed by atoms with van der Waals surface area (Å²) in [5.41, 5.74) is -1.05. The number of aromatic nitrogens is 1. The molecular weight excluding hydrogens is 223 g/mol. The van der Waals surface area contributed by atoms with Gasteiger partial charge in [0.15, 0.2) is 17.2 Å². The van der Waals surface area contributed by atoms with Crippen molar-refractivity contribution in [3.63, 3.8) is 0 Å². The van der Waals surface area contributed by atoms with E-state index < -0.39 is 11.9 Å². The molecule has 3 nitrogen and oxygen atoms in total. The normalized spacial score (nSPS) is 16.0. The Morgan fingerprint density at radius 3 is 2.56 bits per heavy atom. The van der Waals surface area contributed by atoms with Crippen molar-refractivity contribution in [2.24, 2.45) is 0 Å². The molecule has 0 spiro atoms. The highest BCUT2D eigenvalue weighted by Gasteiger charge is 2.38. The summed E-state index contributed by atoms with van der Waals surface area (Å²) in [6.45, 7) is 0. The molecule has 1 saturated carbocycles. The summed E-state index contributed by atoms with van der Waals surface area (Å²) in [4.78, 5) is 3.28. The molecule has 0 saturated heterocycles. The molecule has 0 unspecified atom stereocenters. The van der Waals surface area contributed by atoms with Crippen molar-refractivity contribution in [2.45, 2.75) is 25.1 Å². The Labute approximate surface area is 90.2 Å². The first-order valence-corrected chi connectivity index (χ1v) is 4.79. The lowest BCUT2D eigenvalue weighted by Crippen LogP contribution is -2.11. The molecule has 2 rings (SSSR count). The summed E-state index contributed by atoms with van der Waals surface area (Å²) in [7, 11) is 1.17. The van der Waals surface area contributed by atoms with E-state index in [0.717, 1.165) is 19.0 Å². The van der Waals surface area contributed by atoms with Crippen molar-refractivity contribution in [3.05, 3.63) is 18.0 Å². The Kier molecular flexibility index (Phi) is 2.65. The number of ether oxygens (including phenoxy) is 2. The predicted octanol–water partition coefficient (Wildman–Crippen LogP) is 2.65. The van der Waals surface area contributed by atoms with Crippen LogP contribution in [0.1, 0.15) is 18.5 Å². The van der Waals surface area contributed by atoms with E-state index in [1.807, 2.05) is 0 Å². The van der Waals surface area contributed by atoms with Gasteiger partial charge in [0.1, 0.15) is 0 Å². The molecule has 0 aromatic carbocycles. The molecule has 1 aliphatic rings. The summed E-state index contributed by atoms with van der Waals surface area (Å²) >= 11 is 0. The Balaban J connectivity index is 2.37. The molecule has 16 heavy (non-hydrogen) atoms. The van der Waals surface area contributed by atoms with Crippen LogP contribution in [0.25, 0.3) is 0 Å². The Morgan fingerprint density at radius 1 is 1.38 bits per heavy atom. The fraction of sp³-hybridized carbons (Fsp3) is 0.500. The monoisotopic (exact) mass is 233 g/mol. The van der Waals surface area contributed by atoms with Gasteiger partial charge in [0, 0.05) is 12.3 Å². The minimum absolute atomic E-state index is 0.0115. The van der Waals surface area contributed by atoms with Gasteiger partial charge in [-0.15, -0.1) is 0 Å². The van der Waals surface area contributed by atoms with Crippen LogP contribution in [0, 0.1) is 0 Å². The zero-order valence-corrected chi connectivity index (χ0v) is 8.54. The van der Waals surface area contributed by atoms with Gasteiger partial charge in [-0.25, -0.2) is 4.98 Å². The Bertz CT molecular complexity index is 388. The zero-order valence-electron chi connectivity index (χ0n) is 8.54. The maximum atomic E-state index is 12.6. The molecule has 1 aliphatic carbocycles. The molecule has 1 aromatic rings. The molecule has 0 amide bonds. The van der Waals surface area contributed by atoms with Gasteiger partial charge in [0.2, 0.25) is 0 Å². The van der Waals surface area contributed by atoms with Crippen molar-refractivity contribution >= 4 is 0 Å². The standard InChI is InChI=1S/C10H10F3NO2/c1-15-8-7(16-6-2-3-6)4-5-14-9(8)10(11,12)13/h4-6H,2-3H2,1H3. The van der Waals surface area contributed by atoms with Gasteiger partial charge >= 0.3 is 6.18 Å². The van der Waals surface area contributed by atoms with E-state index in [9.17, 15) is 13.2 Å². The van der Waals surface area contributed by atoms with Crippen molar-refractivity contribution in [3.8, 4) is 11.5 Å². The number of nitrogens with zero attached hydrogens (tertiary/aromatic N) is 1. The molecule has 0 atom stereocenters. The molecule has 0 bridgehead atoms. The number of hydrogen-bond acceptors (Lipinski definition) is 3. The summed E-state index contributed by atoms with van der Waals surface area (Å²) < 4.78 is 47.8. The van der Waals surface area contributed by atoms with E-state index in [4.69, 9.17) is 9.47 Å². The second-order valence-corrected chi connectivity index (χ2v) is 3.51. The highest BCUT2D eigenvalue weighted by Crippen LogP contribution is 2.41. The number of hydrogen-bond donors (Lipinski definition) is 0. The molecular formula is C10H10F3NO2. The first-order valence-electron chi connectivity index (χ1n) is 4.79. The van der Waals surface area contributed by atoms with Crippen LogP contribution in [-0.4, -0.2) is 18.2 Å². The van der Waals surface area contributed by atoms with Crippen LogP contribution in [0.5, 0.6) is 11.5 Å². The number of rotatable bonds is 3. The predicted molar refractivity (Wildman–Crippen MR) is 49.4 cm³/mol. The van der Waals surface area contributed by atoms with Crippen LogP contribution in [0.3, 0.4) is 0 Å². The van der Waals surface area contributed by atoms with Gasteiger partial charge in [-0.3, -0.25) is 0 Å². The average Bonchev–Trinajstić information content (AvgIpc) is 3.00. The Hall–Kier alpha value is -1.46.